The predicted octanol–water partition coefficient (Wildman–Crippen LogP) is 3.54. The molecule has 2 heterocycles. The number of hydrogen-bond acceptors (Lipinski definition) is 4. The number of carbonyl (C=O) groups is 1. The van der Waals surface area contributed by atoms with Gasteiger partial charge in [-0.2, -0.15) is 0 Å². The Kier molecular flexibility index (Phi) is 4.15. The molecule has 0 radical (unpaired) electrons. The van der Waals surface area contributed by atoms with E-state index in [-0.39, 0.29) is 11.9 Å². The van der Waals surface area contributed by atoms with Crippen molar-refractivity contribution in [3.05, 3.63) is 47.4 Å². The number of benzene rings is 1. The van der Waals surface area contributed by atoms with Crippen molar-refractivity contribution in [3.8, 4) is 0 Å². The van der Waals surface area contributed by atoms with E-state index in [9.17, 15) is 4.79 Å². The summed E-state index contributed by atoms with van der Waals surface area (Å²) in [5.74, 6) is 1.35. The van der Waals surface area contributed by atoms with E-state index >= 15 is 0 Å². The lowest BCUT2D eigenvalue weighted by Crippen LogP contribution is -2.34. The Morgan fingerprint density at radius 2 is 1.96 bits per heavy atom. The fraction of sp³-hybridized carbons (Fsp3) is 0.450. The minimum Gasteiger partial charge on any atom is -0.348 e. The van der Waals surface area contributed by atoms with Crippen LogP contribution in [0.3, 0.4) is 0 Å². The number of hydrogen-bond donors (Lipinski definition) is 1. The van der Waals surface area contributed by atoms with E-state index in [4.69, 9.17) is 0 Å². The van der Waals surface area contributed by atoms with Crippen molar-refractivity contribution < 1.29 is 4.79 Å². The van der Waals surface area contributed by atoms with Crippen molar-refractivity contribution in [2.24, 2.45) is 0 Å². The summed E-state index contributed by atoms with van der Waals surface area (Å²) in [4.78, 5) is 23.8. The molecule has 1 aliphatic heterocycles. The van der Waals surface area contributed by atoms with Gasteiger partial charge in [0.05, 0.1) is 0 Å². The van der Waals surface area contributed by atoms with Crippen LogP contribution in [0.1, 0.15) is 54.5 Å². The number of amides is 1. The minimum absolute atomic E-state index is 0.0845. The normalized spacial score (nSPS) is 19.9. The summed E-state index contributed by atoms with van der Waals surface area (Å²) in [7, 11) is 0. The van der Waals surface area contributed by atoms with Crippen molar-refractivity contribution >= 4 is 17.4 Å². The third kappa shape index (κ3) is 3.11. The molecule has 4 rings (SSSR count). The molecule has 1 amide bonds. The van der Waals surface area contributed by atoms with E-state index in [2.05, 4.69) is 45.3 Å². The van der Waals surface area contributed by atoms with Gasteiger partial charge in [0.2, 0.25) is 0 Å². The van der Waals surface area contributed by atoms with Crippen LogP contribution in [0.5, 0.6) is 0 Å². The highest BCUT2D eigenvalue weighted by atomic mass is 16.1. The van der Waals surface area contributed by atoms with E-state index in [0.717, 1.165) is 25.1 Å². The number of nitrogens with zero attached hydrogens (tertiary/aromatic N) is 3. The van der Waals surface area contributed by atoms with Gasteiger partial charge in [-0.25, -0.2) is 9.97 Å². The highest BCUT2D eigenvalue weighted by Gasteiger charge is 2.29. The van der Waals surface area contributed by atoms with Crippen LogP contribution in [-0.4, -0.2) is 28.0 Å². The zero-order valence-electron chi connectivity index (χ0n) is 14.8. The molecule has 2 aromatic rings. The van der Waals surface area contributed by atoms with Gasteiger partial charge in [0, 0.05) is 23.8 Å². The molecule has 5 heteroatoms. The lowest BCUT2D eigenvalue weighted by molar-refractivity contribution is 0.0932. The van der Waals surface area contributed by atoms with Crippen LogP contribution in [-0.2, 0) is 6.42 Å². The molecule has 0 spiro atoms. The predicted molar refractivity (Wildman–Crippen MR) is 98.2 cm³/mol. The van der Waals surface area contributed by atoms with Crippen LogP contribution in [0.25, 0.3) is 0 Å². The van der Waals surface area contributed by atoms with Gasteiger partial charge in [-0.15, -0.1) is 0 Å². The van der Waals surface area contributed by atoms with E-state index < -0.39 is 0 Å². The van der Waals surface area contributed by atoms with Gasteiger partial charge >= 0.3 is 0 Å². The number of nitrogens with one attached hydrogen (secondary N) is 1. The highest BCUT2D eigenvalue weighted by Crippen LogP contribution is 2.37. The fourth-order valence-electron chi connectivity index (χ4n) is 4.04. The Bertz CT molecular complexity index is 798. The maximum atomic E-state index is 12.6. The number of rotatable bonds is 3. The van der Waals surface area contributed by atoms with Crippen LogP contribution in [0.4, 0.5) is 11.5 Å². The van der Waals surface area contributed by atoms with Gasteiger partial charge in [-0.05, 0) is 44.7 Å². The van der Waals surface area contributed by atoms with Gasteiger partial charge in [0.25, 0.3) is 5.91 Å². The van der Waals surface area contributed by atoms with Crippen molar-refractivity contribution in [3.63, 3.8) is 0 Å². The first kappa shape index (κ1) is 16.1. The average Bonchev–Trinajstić information content (AvgIpc) is 3.20. The minimum atomic E-state index is -0.0845. The van der Waals surface area contributed by atoms with Gasteiger partial charge in [-0.3, -0.25) is 4.79 Å². The molecule has 1 atom stereocenters. The molecule has 1 aliphatic carbocycles. The summed E-state index contributed by atoms with van der Waals surface area (Å²) in [6.07, 6.45) is 5.52. The first-order valence-electron chi connectivity index (χ1n) is 9.15. The quantitative estimate of drug-likeness (QED) is 0.931. The molecule has 1 fully saturated rings. The number of para-hydroxylation sites is 1. The van der Waals surface area contributed by atoms with Gasteiger partial charge < -0.3 is 10.2 Å². The lowest BCUT2D eigenvalue weighted by Gasteiger charge is -2.24. The molecule has 1 N–H and O–H groups in total. The highest BCUT2D eigenvalue weighted by molar-refractivity contribution is 5.93. The van der Waals surface area contributed by atoms with Crippen molar-refractivity contribution in [2.45, 2.75) is 58.0 Å². The molecule has 130 valence electrons. The number of anilines is 2. The zero-order valence-corrected chi connectivity index (χ0v) is 14.8. The fourth-order valence-corrected chi connectivity index (χ4v) is 4.04. The SMILES string of the molecule is Cc1nc(C(=O)NC2CCCC2)cc(N2c3ccccc3CC2C)n1. The molecular formula is C20H24N4O. The second-order valence-corrected chi connectivity index (χ2v) is 7.17. The van der Waals surface area contributed by atoms with Gasteiger partial charge in [-0.1, -0.05) is 31.0 Å². The Labute approximate surface area is 148 Å². The second kappa shape index (κ2) is 6.47. The third-order valence-corrected chi connectivity index (χ3v) is 5.20. The number of aryl methyl sites for hydroxylation is 1. The molecular weight excluding hydrogens is 312 g/mol. The van der Waals surface area contributed by atoms with Crippen molar-refractivity contribution in [1.29, 1.82) is 0 Å². The summed E-state index contributed by atoms with van der Waals surface area (Å²) in [5.41, 5.74) is 2.96. The van der Waals surface area contributed by atoms with Crippen LogP contribution in [0, 0.1) is 6.92 Å². The second-order valence-electron chi connectivity index (χ2n) is 7.17. The topological polar surface area (TPSA) is 58.1 Å². The number of carbonyl (C=O) groups excluding carboxylic acids is 1. The molecule has 1 unspecified atom stereocenters. The number of fused-ring (bicyclic) bond motifs is 1. The molecule has 25 heavy (non-hydrogen) atoms. The van der Waals surface area contributed by atoms with E-state index in [1.165, 1.54) is 24.1 Å². The van der Waals surface area contributed by atoms with Crippen LogP contribution >= 0.6 is 0 Å². The van der Waals surface area contributed by atoms with Crippen LogP contribution in [0.15, 0.2) is 30.3 Å². The zero-order chi connectivity index (χ0) is 17.4. The maximum Gasteiger partial charge on any atom is 0.270 e. The first-order valence-corrected chi connectivity index (χ1v) is 9.15. The Hall–Kier alpha value is -2.43. The standard InChI is InChI=1S/C20H24N4O/c1-13-11-15-7-3-6-10-18(15)24(13)19-12-17(21-14(2)22-19)20(25)23-16-8-4-5-9-16/h3,6-7,10,12-13,16H,4-5,8-9,11H2,1-2H3,(H,23,25). The van der Waals surface area contributed by atoms with Crippen molar-refractivity contribution in [2.75, 3.05) is 4.90 Å². The molecule has 1 aromatic heterocycles. The smallest absolute Gasteiger partial charge is 0.270 e. The van der Waals surface area contributed by atoms with E-state index in [0.29, 0.717) is 17.6 Å². The first-order chi connectivity index (χ1) is 12.1. The van der Waals surface area contributed by atoms with Crippen LogP contribution in [0.2, 0.25) is 0 Å². The Morgan fingerprint density at radius 1 is 1.20 bits per heavy atom. The molecule has 2 aliphatic rings. The monoisotopic (exact) mass is 336 g/mol. The largest absolute Gasteiger partial charge is 0.348 e. The van der Waals surface area contributed by atoms with E-state index in [1.54, 1.807) is 0 Å². The molecule has 1 aromatic carbocycles. The Balaban J connectivity index is 1.65. The maximum absolute atomic E-state index is 12.6. The summed E-state index contributed by atoms with van der Waals surface area (Å²) in [6, 6.07) is 10.8. The number of aromatic nitrogens is 2. The van der Waals surface area contributed by atoms with Crippen molar-refractivity contribution in [1.82, 2.24) is 15.3 Å². The lowest BCUT2D eigenvalue weighted by atomic mass is 10.1. The average molecular weight is 336 g/mol. The van der Waals surface area contributed by atoms with Gasteiger partial charge in [0.15, 0.2) is 0 Å². The summed E-state index contributed by atoms with van der Waals surface area (Å²) < 4.78 is 0. The summed E-state index contributed by atoms with van der Waals surface area (Å²) in [6.45, 7) is 4.04. The molecule has 5 nitrogen and oxygen atoms in total. The summed E-state index contributed by atoms with van der Waals surface area (Å²) >= 11 is 0. The van der Waals surface area contributed by atoms with Crippen LogP contribution < -0.4 is 10.2 Å². The summed E-state index contributed by atoms with van der Waals surface area (Å²) in [5, 5.41) is 3.12. The van der Waals surface area contributed by atoms with E-state index in [1.807, 2.05) is 19.1 Å². The van der Waals surface area contributed by atoms with Gasteiger partial charge in [0.1, 0.15) is 17.3 Å². The molecule has 0 bridgehead atoms. The molecule has 0 saturated heterocycles. The third-order valence-electron chi connectivity index (χ3n) is 5.20. The Morgan fingerprint density at radius 3 is 2.76 bits per heavy atom. The molecule has 1 saturated carbocycles.